The zero-order valence-corrected chi connectivity index (χ0v) is 16.5. The van der Waals surface area contributed by atoms with Gasteiger partial charge >= 0.3 is 0 Å². The van der Waals surface area contributed by atoms with Crippen LogP contribution in [0.1, 0.15) is 30.3 Å². The van der Waals surface area contributed by atoms with Crippen LogP contribution in [0, 0.1) is 0 Å². The summed E-state index contributed by atoms with van der Waals surface area (Å²) in [5, 5.41) is 17.2. The smallest absolute Gasteiger partial charge is 0.230 e. The maximum atomic E-state index is 12.3. The number of carbonyl (C=O) groups excluding carboxylic acids is 1. The van der Waals surface area contributed by atoms with Crippen LogP contribution in [0.3, 0.4) is 0 Å². The second kappa shape index (κ2) is 7.29. The topological polar surface area (TPSA) is 83.6 Å². The second-order valence-electron chi connectivity index (χ2n) is 6.78. The number of nitrogens with one attached hydrogen (secondary N) is 2. The van der Waals surface area contributed by atoms with Crippen molar-refractivity contribution in [2.24, 2.45) is 0 Å². The molecular formula is C20H17N5OS2. The highest BCUT2D eigenvalue weighted by molar-refractivity contribution is 7.14. The van der Waals surface area contributed by atoms with Crippen LogP contribution in [0.5, 0.6) is 0 Å². The SMILES string of the molecule is O=C(Cc1csc(-c2ccsc2)n1)Nc1ccc(-c2n[nH]c(C3CC3)n2)cc1. The third-order valence-electron chi connectivity index (χ3n) is 4.56. The van der Waals surface area contributed by atoms with Gasteiger partial charge in [-0.2, -0.15) is 16.4 Å². The van der Waals surface area contributed by atoms with Crippen LogP contribution >= 0.6 is 22.7 Å². The van der Waals surface area contributed by atoms with Gasteiger partial charge in [-0.1, -0.05) is 0 Å². The van der Waals surface area contributed by atoms with E-state index in [0.29, 0.717) is 11.7 Å². The lowest BCUT2D eigenvalue weighted by Gasteiger charge is -2.04. The first-order valence-corrected chi connectivity index (χ1v) is 10.9. The molecule has 1 aliphatic rings. The minimum Gasteiger partial charge on any atom is -0.326 e. The molecule has 140 valence electrons. The van der Waals surface area contributed by atoms with Crippen molar-refractivity contribution in [1.82, 2.24) is 20.2 Å². The van der Waals surface area contributed by atoms with E-state index in [4.69, 9.17) is 0 Å². The van der Waals surface area contributed by atoms with Gasteiger partial charge in [-0.15, -0.1) is 11.3 Å². The molecule has 1 saturated carbocycles. The van der Waals surface area contributed by atoms with Crippen molar-refractivity contribution >= 4 is 34.3 Å². The minimum atomic E-state index is -0.0798. The molecule has 1 aromatic carbocycles. The van der Waals surface area contributed by atoms with Crippen molar-refractivity contribution in [2.45, 2.75) is 25.2 Å². The number of benzene rings is 1. The van der Waals surface area contributed by atoms with Gasteiger partial charge in [0.1, 0.15) is 10.8 Å². The lowest BCUT2D eigenvalue weighted by atomic mass is 10.2. The van der Waals surface area contributed by atoms with Gasteiger partial charge < -0.3 is 5.32 Å². The third kappa shape index (κ3) is 3.74. The van der Waals surface area contributed by atoms with E-state index in [1.165, 1.54) is 12.8 Å². The van der Waals surface area contributed by atoms with Crippen LogP contribution in [0.15, 0.2) is 46.5 Å². The molecule has 1 aliphatic carbocycles. The Bertz CT molecular complexity index is 1090. The molecule has 1 fully saturated rings. The number of nitrogens with zero attached hydrogens (tertiary/aromatic N) is 3. The number of aromatic amines is 1. The Labute approximate surface area is 169 Å². The van der Waals surface area contributed by atoms with E-state index in [0.717, 1.165) is 33.3 Å². The largest absolute Gasteiger partial charge is 0.326 e. The Hall–Kier alpha value is -2.84. The number of hydrogen-bond donors (Lipinski definition) is 2. The number of rotatable bonds is 6. The second-order valence-corrected chi connectivity index (χ2v) is 8.41. The highest BCUT2D eigenvalue weighted by Gasteiger charge is 2.27. The maximum Gasteiger partial charge on any atom is 0.230 e. The fraction of sp³-hybridized carbons (Fsp3) is 0.200. The first kappa shape index (κ1) is 17.3. The van der Waals surface area contributed by atoms with E-state index in [2.05, 4.69) is 30.9 Å². The molecule has 0 saturated heterocycles. The number of hydrogen-bond acceptors (Lipinski definition) is 6. The molecule has 4 aromatic rings. The highest BCUT2D eigenvalue weighted by atomic mass is 32.1. The van der Waals surface area contributed by atoms with Crippen molar-refractivity contribution in [3.8, 4) is 22.0 Å². The zero-order chi connectivity index (χ0) is 18.9. The molecule has 6 nitrogen and oxygen atoms in total. The molecule has 3 aromatic heterocycles. The lowest BCUT2D eigenvalue weighted by molar-refractivity contribution is -0.115. The molecule has 5 rings (SSSR count). The summed E-state index contributed by atoms with van der Waals surface area (Å²) >= 11 is 3.20. The molecule has 3 heterocycles. The number of thiophene rings is 1. The predicted octanol–water partition coefficient (Wildman–Crippen LogP) is 4.72. The monoisotopic (exact) mass is 407 g/mol. The quantitative estimate of drug-likeness (QED) is 0.485. The van der Waals surface area contributed by atoms with Crippen LogP contribution in [-0.2, 0) is 11.2 Å². The van der Waals surface area contributed by atoms with Crippen molar-refractivity contribution in [3.63, 3.8) is 0 Å². The van der Waals surface area contributed by atoms with E-state index in [-0.39, 0.29) is 12.3 Å². The maximum absolute atomic E-state index is 12.3. The van der Waals surface area contributed by atoms with E-state index >= 15 is 0 Å². The molecule has 8 heteroatoms. The molecule has 0 spiro atoms. The normalized spacial score (nSPS) is 13.6. The van der Waals surface area contributed by atoms with Crippen molar-refractivity contribution in [1.29, 1.82) is 0 Å². The van der Waals surface area contributed by atoms with E-state index in [1.54, 1.807) is 22.7 Å². The Morgan fingerprint density at radius 2 is 1.96 bits per heavy atom. The Kier molecular flexibility index (Phi) is 4.50. The Balaban J connectivity index is 1.21. The first-order chi connectivity index (χ1) is 13.7. The van der Waals surface area contributed by atoms with Crippen LogP contribution in [0.2, 0.25) is 0 Å². The van der Waals surface area contributed by atoms with E-state index < -0.39 is 0 Å². The summed E-state index contributed by atoms with van der Waals surface area (Å²) in [7, 11) is 0. The summed E-state index contributed by atoms with van der Waals surface area (Å²) < 4.78 is 0. The molecule has 0 aliphatic heterocycles. The molecule has 0 bridgehead atoms. The lowest BCUT2D eigenvalue weighted by Crippen LogP contribution is -2.14. The van der Waals surface area contributed by atoms with Gasteiger partial charge in [0.2, 0.25) is 5.91 Å². The van der Waals surface area contributed by atoms with Gasteiger partial charge in [0.15, 0.2) is 5.82 Å². The summed E-state index contributed by atoms with van der Waals surface area (Å²) in [4.78, 5) is 21.4. The van der Waals surface area contributed by atoms with Crippen molar-refractivity contribution in [2.75, 3.05) is 5.32 Å². The van der Waals surface area contributed by atoms with Crippen LogP contribution in [0.25, 0.3) is 22.0 Å². The number of aromatic nitrogens is 4. The summed E-state index contributed by atoms with van der Waals surface area (Å²) in [6.45, 7) is 0. The summed E-state index contributed by atoms with van der Waals surface area (Å²) in [6, 6.07) is 9.63. The van der Waals surface area contributed by atoms with E-state index in [9.17, 15) is 4.79 Å². The summed E-state index contributed by atoms with van der Waals surface area (Å²) in [5.41, 5.74) is 3.57. The molecule has 2 N–H and O–H groups in total. The number of thiazole rings is 1. The van der Waals surface area contributed by atoms with Gasteiger partial charge in [0, 0.05) is 33.5 Å². The molecular weight excluding hydrogens is 390 g/mol. The fourth-order valence-corrected chi connectivity index (χ4v) is 4.45. The van der Waals surface area contributed by atoms with Crippen LogP contribution in [-0.4, -0.2) is 26.1 Å². The first-order valence-electron chi connectivity index (χ1n) is 9.04. The van der Waals surface area contributed by atoms with Crippen molar-refractivity contribution in [3.05, 3.63) is 58.0 Å². The molecule has 0 atom stereocenters. The summed E-state index contributed by atoms with van der Waals surface area (Å²) in [6.07, 6.45) is 2.63. The van der Waals surface area contributed by atoms with Crippen LogP contribution in [0.4, 0.5) is 5.69 Å². The molecule has 1 amide bonds. The van der Waals surface area contributed by atoms with Crippen LogP contribution < -0.4 is 5.32 Å². The number of amides is 1. The number of H-pyrrole nitrogens is 1. The zero-order valence-electron chi connectivity index (χ0n) is 14.9. The average Bonchev–Trinajstić information content (AvgIpc) is 3.12. The summed E-state index contributed by atoms with van der Waals surface area (Å²) in [5.74, 6) is 2.13. The van der Waals surface area contributed by atoms with Gasteiger partial charge in [-0.05, 0) is 48.6 Å². The number of anilines is 1. The van der Waals surface area contributed by atoms with E-state index in [1.807, 2.05) is 41.1 Å². The van der Waals surface area contributed by atoms with Crippen molar-refractivity contribution < 1.29 is 4.79 Å². The minimum absolute atomic E-state index is 0.0798. The predicted molar refractivity (Wildman–Crippen MR) is 112 cm³/mol. The number of carbonyl (C=O) groups is 1. The molecule has 0 radical (unpaired) electrons. The molecule has 28 heavy (non-hydrogen) atoms. The Morgan fingerprint density at radius 1 is 1.11 bits per heavy atom. The fourth-order valence-electron chi connectivity index (χ4n) is 2.92. The van der Waals surface area contributed by atoms with Gasteiger partial charge in [-0.25, -0.2) is 9.97 Å². The third-order valence-corrected chi connectivity index (χ3v) is 6.18. The highest BCUT2D eigenvalue weighted by Crippen LogP contribution is 2.38. The van der Waals surface area contributed by atoms with Gasteiger partial charge in [0.05, 0.1) is 12.1 Å². The molecule has 0 unspecified atom stereocenters. The Morgan fingerprint density at radius 3 is 2.71 bits per heavy atom. The average molecular weight is 408 g/mol. The van der Waals surface area contributed by atoms with Gasteiger partial charge in [0.25, 0.3) is 0 Å². The standard InChI is InChI=1S/C20H17N5OS2/c26-17(9-16-11-28-20(22-16)14-7-8-27-10-14)21-15-5-3-13(4-6-15)19-23-18(24-25-19)12-1-2-12/h3-8,10-12H,1-2,9H2,(H,21,26)(H,23,24,25). The van der Waals surface area contributed by atoms with Gasteiger partial charge in [-0.3, -0.25) is 9.89 Å².